The van der Waals surface area contributed by atoms with Gasteiger partial charge in [-0.3, -0.25) is 9.59 Å². The minimum atomic E-state index is -0.778. The van der Waals surface area contributed by atoms with E-state index in [1.54, 1.807) is 6.92 Å². The summed E-state index contributed by atoms with van der Waals surface area (Å²) < 4.78 is 47.7. The normalized spacial score (nSPS) is 14.2. The van der Waals surface area contributed by atoms with E-state index in [0.717, 1.165) is 23.1 Å². The molecule has 9 heteroatoms. The Hall–Kier alpha value is -5.18. The summed E-state index contributed by atoms with van der Waals surface area (Å²) in [4.78, 5) is 31.6. The van der Waals surface area contributed by atoms with Crippen molar-refractivity contribution in [1.29, 1.82) is 0 Å². The fourth-order valence-electron chi connectivity index (χ4n) is 5.50. The van der Waals surface area contributed by atoms with Crippen LogP contribution in [-0.4, -0.2) is 43.0 Å². The Morgan fingerprint density at radius 1 is 0.977 bits per heavy atom. The number of aryl methyl sites for hydroxylation is 1. The molecular formula is C35H30F2N2O5. The smallest absolute Gasteiger partial charge is 0.310 e. The molecule has 5 aromatic rings. The van der Waals surface area contributed by atoms with Gasteiger partial charge in [-0.1, -0.05) is 42.5 Å². The quantitative estimate of drug-likeness (QED) is 0.154. The molecule has 1 aliphatic rings. The van der Waals surface area contributed by atoms with E-state index in [9.17, 15) is 9.59 Å². The Kier molecular flexibility index (Phi) is 8.02. The SMILES string of the molecule is Cc1[nH]c2ccc(F)c(C(=O)c3ccc(OC[C@@H]4CN(C)c5ccccc5O4)c(F)c3)c2c1CC(=O)OCc1ccccc1. The third-order valence-corrected chi connectivity index (χ3v) is 7.69. The van der Waals surface area contributed by atoms with Gasteiger partial charge < -0.3 is 24.1 Å². The number of aromatic nitrogens is 1. The van der Waals surface area contributed by atoms with Crippen LogP contribution in [0.5, 0.6) is 11.5 Å². The molecule has 1 aliphatic heterocycles. The number of benzene rings is 4. The van der Waals surface area contributed by atoms with Crippen LogP contribution in [0.4, 0.5) is 14.5 Å². The molecular weight excluding hydrogens is 566 g/mol. The van der Waals surface area contributed by atoms with Crippen molar-refractivity contribution in [3.8, 4) is 11.5 Å². The molecule has 0 amide bonds. The lowest BCUT2D eigenvalue weighted by Gasteiger charge is -2.33. The molecule has 1 atom stereocenters. The Morgan fingerprint density at radius 2 is 1.75 bits per heavy atom. The molecule has 6 rings (SSSR count). The third-order valence-electron chi connectivity index (χ3n) is 7.69. The molecule has 0 saturated heterocycles. The summed E-state index contributed by atoms with van der Waals surface area (Å²) in [6, 6.07) is 23.3. The van der Waals surface area contributed by atoms with Crippen LogP contribution in [0, 0.1) is 18.6 Å². The number of ether oxygens (including phenoxy) is 3. The first kappa shape index (κ1) is 28.9. The molecule has 0 fully saturated rings. The Morgan fingerprint density at radius 3 is 2.55 bits per heavy atom. The summed E-state index contributed by atoms with van der Waals surface area (Å²) in [6.07, 6.45) is -0.510. The summed E-state index contributed by atoms with van der Waals surface area (Å²) in [6.45, 7) is 2.47. The van der Waals surface area contributed by atoms with Crippen LogP contribution in [0.3, 0.4) is 0 Å². The maximum atomic E-state index is 15.3. The second-order valence-corrected chi connectivity index (χ2v) is 10.8. The number of rotatable bonds is 9. The van der Waals surface area contributed by atoms with Gasteiger partial charge in [0.2, 0.25) is 0 Å². The number of nitrogens with zero attached hydrogens (tertiary/aromatic N) is 1. The summed E-state index contributed by atoms with van der Waals surface area (Å²) in [7, 11) is 1.94. The largest absolute Gasteiger partial charge is 0.487 e. The molecule has 0 unspecified atom stereocenters. The molecule has 0 spiro atoms. The van der Waals surface area contributed by atoms with Gasteiger partial charge >= 0.3 is 5.97 Å². The van der Waals surface area contributed by atoms with Crippen molar-refractivity contribution in [3.05, 3.63) is 125 Å². The van der Waals surface area contributed by atoms with Gasteiger partial charge in [-0.05, 0) is 60.5 Å². The van der Waals surface area contributed by atoms with Gasteiger partial charge in [0, 0.05) is 29.2 Å². The fraction of sp³-hybridized carbons (Fsp3) is 0.200. The van der Waals surface area contributed by atoms with Crippen LogP contribution in [-0.2, 0) is 22.6 Å². The third kappa shape index (κ3) is 5.86. The van der Waals surface area contributed by atoms with Crippen molar-refractivity contribution in [2.24, 2.45) is 0 Å². The zero-order valence-electron chi connectivity index (χ0n) is 24.2. The molecule has 44 heavy (non-hydrogen) atoms. The molecule has 0 saturated carbocycles. The van der Waals surface area contributed by atoms with E-state index in [4.69, 9.17) is 14.2 Å². The number of para-hydroxylation sites is 2. The number of esters is 1. The number of likely N-dealkylation sites (N-methyl/N-ethyl adjacent to an activating group) is 1. The van der Waals surface area contributed by atoms with Gasteiger partial charge in [-0.25, -0.2) is 8.78 Å². The van der Waals surface area contributed by atoms with E-state index in [0.29, 0.717) is 23.3 Å². The molecule has 1 aromatic heterocycles. The first-order valence-corrected chi connectivity index (χ1v) is 14.2. The molecule has 7 nitrogen and oxygen atoms in total. The van der Waals surface area contributed by atoms with E-state index in [2.05, 4.69) is 4.98 Å². The van der Waals surface area contributed by atoms with Gasteiger partial charge in [0.25, 0.3) is 0 Å². The molecule has 1 N–H and O–H groups in total. The van der Waals surface area contributed by atoms with Crippen LogP contribution in [0.1, 0.15) is 32.7 Å². The number of H-pyrrole nitrogens is 1. The number of anilines is 1. The molecule has 224 valence electrons. The van der Waals surface area contributed by atoms with Crippen molar-refractivity contribution in [2.45, 2.75) is 26.1 Å². The second kappa shape index (κ2) is 12.2. The van der Waals surface area contributed by atoms with Crippen molar-refractivity contribution >= 4 is 28.3 Å². The van der Waals surface area contributed by atoms with E-state index < -0.39 is 23.4 Å². The number of carbonyl (C=O) groups excluding carboxylic acids is 2. The molecule has 0 aliphatic carbocycles. The van der Waals surface area contributed by atoms with E-state index in [1.807, 2.05) is 66.5 Å². The van der Waals surface area contributed by atoms with Crippen molar-refractivity contribution in [2.75, 3.05) is 25.1 Å². The van der Waals surface area contributed by atoms with Crippen LogP contribution >= 0.6 is 0 Å². The number of ketones is 1. The Balaban J connectivity index is 1.20. The van der Waals surface area contributed by atoms with E-state index in [1.165, 1.54) is 24.3 Å². The minimum absolute atomic E-state index is 0.0512. The lowest BCUT2D eigenvalue weighted by Crippen LogP contribution is -2.41. The lowest BCUT2D eigenvalue weighted by atomic mass is 9.95. The van der Waals surface area contributed by atoms with Gasteiger partial charge in [-0.2, -0.15) is 0 Å². The van der Waals surface area contributed by atoms with Crippen LogP contribution in [0.15, 0.2) is 84.9 Å². The van der Waals surface area contributed by atoms with E-state index in [-0.39, 0.29) is 48.0 Å². The first-order valence-electron chi connectivity index (χ1n) is 14.2. The average molecular weight is 597 g/mol. The Bertz CT molecular complexity index is 1850. The van der Waals surface area contributed by atoms with Crippen LogP contribution in [0.25, 0.3) is 10.9 Å². The Labute approximate surface area is 253 Å². The highest BCUT2D eigenvalue weighted by Gasteiger charge is 2.26. The van der Waals surface area contributed by atoms with Gasteiger partial charge in [0.05, 0.1) is 24.2 Å². The highest BCUT2D eigenvalue weighted by molar-refractivity contribution is 6.17. The number of hydrogen-bond donors (Lipinski definition) is 1. The molecule has 4 aromatic carbocycles. The summed E-state index contributed by atoms with van der Waals surface area (Å²) in [5.74, 6) is -2.11. The maximum Gasteiger partial charge on any atom is 0.310 e. The van der Waals surface area contributed by atoms with Crippen LogP contribution in [0.2, 0.25) is 0 Å². The van der Waals surface area contributed by atoms with Crippen molar-refractivity contribution in [3.63, 3.8) is 0 Å². The summed E-state index contributed by atoms with van der Waals surface area (Å²) in [5.41, 5.74) is 3.02. The highest BCUT2D eigenvalue weighted by Crippen LogP contribution is 2.33. The number of hydrogen-bond acceptors (Lipinski definition) is 6. The predicted octanol–water partition coefficient (Wildman–Crippen LogP) is 6.55. The van der Waals surface area contributed by atoms with Gasteiger partial charge in [-0.15, -0.1) is 0 Å². The number of carbonyl (C=O) groups is 2. The van der Waals surface area contributed by atoms with Crippen molar-refractivity contribution in [1.82, 2.24) is 4.98 Å². The first-order chi connectivity index (χ1) is 21.3. The predicted molar refractivity (Wildman–Crippen MR) is 162 cm³/mol. The number of aromatic amines is 1. The zero-order chi connectivity index (χ0) is 30.8. The number of fused-ring (bicyclic) bond motifs is 2. The van der Waals surface area contributed by atoms with Gasteiger partial charge in [0.1, 0.15) is 30.9 Å². The fourth-order valence-corrected chi connectivity index (χ4v) is 5.50. The lowest BCUT2D eigenvalue weighted by molar-refractivity contribution is -0.144. The average Bonchev–Trinajstić information content (AvgIpc) is 3.34. The molecule has 0 bridgehead atoms. The highest BCUT2D eigenvalue weighted by atomic mass is 19.1. The van der Waals surface area contributed by atoms with Crippen molar-refractivity contribution < 1.29 is 32.6 Å². The topological polar surface area (TPSA) is 80.9 Å². The number of nitrogens with one attached hydrogen (secondary N) is 1. The van der Waals surface area contributed by atoms with E-state index >= 15 is 8.78 Å². The summed E-state index contributed by atoms with van der Waals surface area (Å²) >= 11 is 0. The zero-order valence-corrected chi connectivity index (χ0v) is 24.2. The molecule has 2 heterocycles. The van der Waals surface area contributed by atoms with Gasteiger partial charge in [0.15, 0.2) is 17.3 Å². The minimum Gasteiger partial charge on any atom is -0.487 e. The molecule has 0 radical (unpaired) electrons. The standard InChI is InChI=1S/C35H30F2N2O5/c1-21-25(17-32(40)43-19-22-8-4-3-5-9-22)33-28(38-21)14-13-26(36)34(33)35(41)23-12-15-30(27(37)16-23)42-20-24-18-39(2)29-10-6-7-11-31(29)44-24/h3-16,24,38H,17-20H2,1-2H3/t24-/m0/s1. The van der Waals surface area contributed by atoms with Crippen LogP contribution < -0.4 is 14.4 Å². The number of halogens is 2. The summed E-state index contributed by atoms with van der Waals surface area (Å²) in [5, 5.41) is 0.267. The second-order valence-electron chi connectivity index (χ2n) is 10.8. The monoisotopic (exact) mass is 596 g/mol. The maximum absolute atomic E-state index is 15.3.